The minimum Gasteiger partial charge on any atom is -0.372 e. The normalized spacial score (nSPS) is 26.0. The fraction of sp³-hybridized carbons (Fsp3) is 0.619. The SMILES string of the molecule is CC1CN(C(=O)c2ccc(CNC(=O)N3CCCCC3C)cc2)CC(C)O1. The molecule has 3 atom stereocenters. The molecular formula is C21H31N3O3. The summed E-state index contributed by atoms with van der Waals surface area (Å²) in [5, 5.41) is 3.00. The molecule has 2 aliphatic rings. The molecule has 6 heteroatoms. The van der Waals surface area contributed by atoms with Crippen molar-refractivity contribution in [2.75, 3.05) is 19.6 Å². The number of likely N-dealkylation sites (tertiary alicyclic amines) is 1. The number of nitrogens with zero attached hydrogens (tertiary/aromatic N) is 2. The van der Waals surface area contributed by atoms with Gasteiger partial charge in [0.15, 0.2) is 0 Å². The van der Waals surface area contributed by atoms with Crippen molar-refractivity contribution < 1.29 is 14.3 Å². The summed E-state index contributed by atoms with van der Waals surface area (Å²) >= 11 is 0. The topological polar surface area (TPSA) is 61.9 Å². The number of ether oxygens (including phenoxy) is 1. The van der Waals surface area contributed by atoms with E-state index in [9.17, 15) is 9.59 Å². The Balaban J connectivity index is 1.54. The molecule has 2 fully saturated rings. The number of morpholine rings is 1. The summed E-state index contributed by atoms with van der Waals surface area (Å²) in [5.41, 5.74) is 1.67. The summed E-state index contributed by atoms with van der Waals surface area (Å²) in [6.07, 6.45) is 3.46. The van der Waals surface area contributed by atoms with Crippen molar-refractivity contribution >= 4 is 11.9 Å². The zero-order chi connectivity index (χ0) is 19.4. The lowest BCUT2D eigenvalue weighted by atomic mass is 10.0. The van der Waals surface area contributed by atoms with Crippen LogP contribution in [0.5, 0.6) is 0 Å². The Morgan fingerprint density at radius 3 is 2.37 bits per heavy atom. The van der Waals surface area contributed by atoms with Crippen LogP contribution in [-0.2, 0) is 11.3 Å². The summed E-state index contributed by atoms with van der Waals surface area (Å²) in [7, 11) is 0. The van der Waals surface area contributed by atoms with E-state index >= 15 is 0 Å². The van der Waals surface area contributed by atoms with E-state index in [0.29, 0.717) is 31.2 Å². The molecule has 2 saturated heterocycles. The molecule has 0 bridgehead atoms. The molecular weight excluding hydrogens is 342 g/mol. The van der Waals surface area contributed by atoms with Crippen LogP contribution in [0.4, 0.5) is 4.79 Å². The highest BCUT2D eigenvalue weighted by molar-refractivity contribution is 5.94. The summed E-state index contributed by atoms with van der Waals surface area (Å²) in [6, 6.07) is 7.83. The van der Waals surface area contributed by atoms with Gasteiger partial charge in [0.1, 0.15) is 0 Å². The van der Waals surface area contributed by atoms with Crippen LogP contribution in [0.15, 0.2) is 24.3 Å². The maximum absolute atomic E-state index is 12.7. The second-order valence-corrected chi connectivity index (χ2v) is 7.86. The van der Waals surface area contributed by atoms with Crippen LogP contribution in [-0.4, -0.2) is 59.6 Å². The Bertz CT molecular complexity index is 651. The van der Waals surface area contributed by atoms with Gasteiger partial charge < -0.3 is 19.9 Å². The number of hydrogen-bond donors (Lipinski definition) is 1. The quantitative estimate of drug-likeness (QED) is 0.886. The van der Waals surface area contributed by atoms with Crippen molar-refractivity contribution in [3.8, 4) is 0 Å². The maximum atomic E-state index is 12.7. The van der Waals surface area contributed by atoms with Gasteiger partial charge in [0, 0.05) is 37.8 Å². The van der Waals surface area contributed by atoms with Crippen molar-refractivity contribution in [3.63, 3.8) is 0 Å². The number of piperidine rings is 1. The van der Waals surface area contributed by atoms with E-state index in [1.165, 1.54) is 6.42 Å². The number of carbonyl (C=O) groups excluding carboxylic acids is 2. The molecule has 0 aliphatic carbocycles. The second-order valence-electron chi connectivity index (χ2n) is 7.86. The number of hydrogen-bond acceptors (Lipinski definition) is 3. The maximum Gasteiger partial charge on any atom is 0.317 e. The van der Waals surface area contributed by atoms with Gasteiger partial charge >= 0.3 is 6.03 Å². The van der Waals surface area contributed by atoms with E-state index in [4.69, 9.17) is 4.74 Å². The summed E-state index contributed by atoms with van der Waals surface area (Å²) in [5.74, 6) is 0.0368. The number of nitrogens with one attached hydrogen (secondary N) is 1. The molecule has 0 spiro atoms. The van der Waals surface area contributed by atoms with Crippen molar-refractivity contribution in [2.24, 2.45) is 0 Å². The Morgan fingerprint density at radius 2 is 1.74 bits per heavy atom. The molecule has 2 aliphatic heterocycles. The smallest absolute Gasteiger partial charge is 0.317 e. The Morgan fingerprint density at radius 1 is 1.07 bits per heavy atom. The summed E-state index contributed by atoms with van der Waals surface area (Å²) in [6.45, 7) is 8.63. The molecule has 3 amide bonds. The molecule has 1 aromatic rings. The number of rotatable bonds is 3. The lowest BCUT2D eigenvalue weighted by Gasteiger charge is -2.35. The molecule has 2 heterocycles. The molecule has 148 valence electrons. The van der Waals surface area contributed by atoms with Crippen LogP contribution in [0.3, 0.4) is 0 Å². The third-order valence-corrected chi connectivity index (χ3v) is 5.42. The van der Waals surface area contributed by atoms with Gasteiger partial charge in [-0.25, -0.2) is 4.79 Å². The van der Waals surface area contributed by atoms with Crippen LogP contribution >= 0.6 is 0 Å². The molecule has 1 aromatic carbocycles. The Hall–Kier alpha value is -2.08. The number of urea groups is 1. The van der Waals surface area contributed by atoms with Gasteiger partial charge in [-0.3, -0.25) is 4.79 Å². The zero-order valence-corrected chi connectivity index (χ0v) is 16.6. The second kappa shape index (κ2) is 8.74. The first-order valence-corrected chi connectivity index (χ1v) is 10.0. The molecule has 0 saturated carbocycles. The molecule has 1 N–H and O–H groups in total. The summed E-state index contributed by atoms with van der Waals surface area (Å²) < 4.78 is 5.70. The van der Waals surface area contributed by atoms with Crippen LogP contribution in [0.2, 0.25) is 0 Å². The average molecular weight is 373 g/mol. The van der Waals surface area contributed by atoms with E-state index in [1.54, 1.807) is 0 Å². The molecule has 27 heavy (non-hydrogen) atoms. The lowest BCUT2D eigenvalue weighted by Crippen LogP contribution is -2.48. The van der Waals surface area contributed by atoms with Crippen LogP contribution in [0, 0.1) is 0 Å². The van der Waals surface area contributed by atoms with Gasteiger partial charge in [-0.2, -0.15) is 0 Å². The average Bonchev–Trinajstić information content (AvgIpc) is 2.65. The van der Waals surface area contributed by atoms with E-state index in [-0.39, 0.29) is 24.1 Å². The minimum atomic E-state index is -0.00125. The van der Waals surface area contributed by atoms with Gasteiger partial charge in [0.25, 0.3) is 5.91 Å². The first-order chi connectivity index (χ1) is 12.9. The highest BCUT2D eigenvalue weighted by atomic mass is 16.5. The third kappa shape index (κ3) is 5.01. The predicted octanol–water partition coefficient (Wildman–Crippen LogP) is 3.02. The largest absolute Gasteiger partial charge is 0.372 e. The molecule has 3 rings (SSSR count). The van der Waals surface area contributed by atoms with Gasteiger partial charge in [0.2, 0.25) is 0 Å². The number of carbonyl (C=O) groups is 2. The van der Waals surface area contributed by atoms with Crippen molar-refractivity contribution in [1.29, 1.82) is 0 Å². The van der Waals surface area contributed by atoms with Gasteiger partial charge in [-0.15, -0.1) is 0 Å². The highest BCUT2D eigenvalue weighted by Crippen LogP contribution is 2.17. The number of benzene rings is 1. The highest BCUT2D eigenvalue weighted by Gasteiger charge is 2.26. The van der Waals surface area contributed by atoms with Crippen molar-refractivity contribution in [2.45, 2.75) is 64.8 Å². The summed E-state index contributed by atoms with van der Waals surface area (Å²) in [4.78, 5) is 28.8. The van der Waals surface area contributed by atoms with Gasteiger partial charge in [-0.05, 0) is 57.7 Å². The fourth-order valence-electron chi connectivity index (χ4n) is 3.97. The predicted molar refractivity (Wildman–Crippen MR) is 105 cm³/mol. The van der Waals surface area contributed by atoms with Crippen molar-refractivity contribution in [1.82, 2.24) is 15.1 Å². The van der Waals surface area contributed by atoms with E-state index < -0.39 is 0 Å². The Labute approximate surface area is 161 Å². The van der Waals surface area contributed by atoms with E-state index in [2.05, 4.69) is 12.2 Å². The monoisotopic (exact) mass is 373 g/mol. The first-order valence-electron chi connectivity index (χ1n) is 10.0. The molecule has 6 nitrogen and oxygen atoms in total. The van der Waals surface area contributed by atoms with Gasteiger partial charge in [-0.1, -0.05) is 12.1 Å². The minimum absolute atomic E-state index is 0.00125. The standard InChI is InChI=1S/C21H31N3O3/c1-15-6-4-5-11-24(15)21(26)22-12-18-7-9-19(10-8-18)20(25)23-13-16(2)27-17(3)14-23/h7-10,15-17H,4-6,11-14H2,1-3H3,(H,22,26). The Kier molecular flexibility index (Phi) is 6.37. The fourth-order valence-corrected chi connectivity index (χ4v) is 3.97. The lowest BCUT2D eigenvalue weighted by molar-refractivity contribution is -0.0586. The van der Waals surface area contributed by atoms with E-state index in [0.717, 1.165) is 24.9 Å². The first kappa shape index (κ1) is 19.7. The number of amides is 3. The molecule has 0 radical (unpaired) electrons. The van der Waals surface area contributed by atoms with Crippen molar-refractivity contribution in [3.05, 3.63) is 35.4 Å². The third-order valence-electron chi connectivity index (χ3n) is 5.42. The molecule has 3 unspecified atom stereocenters. The van der Waals surface area contributed by atoms with Crippen LogP contribution in [0.1, 0.15) is 56.0 Å². The van der Waals surface area contributed by atoms with Crippen LogP contribution in [0.25, 0.3) is 0 Å². The zero-order valence-electron chi connectivity index (χ0n) is 16.6. The van der Waals surface area contributed by atoms with E-state index in [1.807, 2.05) is 47.9 Å². The van der Waals surface area contributed by atoms with Gasteiger partial charge in [0.05, 0.1) is 12.2 Å². The van der Waals surface area contributed by atoms with Crippen LogP contribution < -0.4 is 5.32 Å². The molecule has 0 aromatic heterocycles.